The van der Waals surface area contributed by atoms with Crippen LogP contribution in [0.5, 0.6) is 0 Å². The fourth-order valence-corrected chi connectivity index (χ4v) is 6.27. The SMILES string of the molecule is [C-]#[N+]c1c(N=Nc2ccc(N(CC)CCOCCOCCOCCOCCOC(=O)C3CCCCC3C(=O)OC)cc2C)sc(C#N)c1C. The Hall–Kier alpha value is -3.92. The second-order valence-electron chi connectivity index (χ2n) is 11.3. The molecule has 0 bridgehead atoms. The fourth-order valence-electron chi connectivity index (χ4n) is 5.40. The molecule has 2 atom stereocenters. The predicted molar refractivity (Wildman–Crippen MR) is 185 cm³/mol. The Kier molecular flexibility index (Phi) is 17.7. The number of likely N-dealkylation sites (N-methyl/N-ethyl adjacent to an activating group) is 1. The number of carbonyl (C=O) groups excluding carboxylic acids is 2. The second kappa shape index (κ2) is 21.9. The summed E-state index contributed by atoms with van der Waals surface area (Å²) in [6.45, 7) is 18.3. The number of azo groups is 1. The highest BCUT2D eigenvalue weighted by Gasteiger charge is 2.37. The van der Waals surface area contributed by atoms with E-state index in [4.69, 9.17) is 35.0 Å². The molecule has 0 saturated heterocycles. The third-order valence-corrected chi connectivity index (χ3v) is 9.22. The van der Waals surface area contributed by atoms with Crippen LogP contribution in [0.2, 0.25) is 0 Å². The molecular formula is C35H47N5O8S. The van der Waals surface area contributed by atoms with Crippen molar-refractivity contribution in [2.75, 3.05) is 84.6 Å². The maximum Gasteiger partial charge on any atom is 0.309 e. The van der Waals surface area contributed by atoms with Crippen molar-refractivity contribution in [1.82, 2.24) is 0 Å². The molecule has 14 heteroatoms. The van der Waals surface area contributed by atoms with Gasteiger partial charge in [-0.1, -0.05) is 12.8 Å². The van der Waals surface area contributed by atoms with E-state index in [9.17, 15) is 14.9 Å². The number of methoxy groups -OCH3 is 1. The van der Waals surface area contributed by atoms with Crippen LogP contribution >= 0.6 is 11.3 Å². The molecule has 49 heavy (non-hydrogen) atoms. The van der Waals surface area contributed by atoms with E-state index in [1.165, 1.54) is 18.4 Å². The van der Waals surface area contributed by atoms with Crippen molar-refractivity contribution in [2.24, 2.45) is 22.1 Å². The van der Waals surface area contributed by atoms with Gasteiger partial charge in [-0.15, -0.1) is 11.3 Å². The van der Waals surface area contributed by atoms with Gasteiger partial charge >= 0.3 is 11.9 Å². The topological polar surface area (TPSA) is 146 Å². The average molecular weight is 698 g/mol. The number of hydrogen-bond acceptors (Lipinski definition) is 13. The molecule has 2 aromatic rings. The molecule has 3 rings (SSSR count). The molecule has 0 spiro atoms. The molecule has 266 valence electrons. The van der Waals surface area contributed by atoms with Gasteiger partial charge in [0.2, 0.25) is 5.69 Å². The smallest absolute Gasteiger partial charge is 0.309 e. The van der Waals surface area contributed by atoms with Gasteiger partial charge in [-0.3, -0.25) is 9.59 Å². The maximum atomic E-state index is 12.4. The number of benzene rings is 1. The summed E-state index contributed by atoms with van der Waals surface area (Å²) >= 11 is 1.18. The van der Waals surface area contributed by atoms with Crippen LogP contribution in [-0.4, -0.2) is 91.6 Å². The van der Waals surface area contributed by atoms with Gasteiger partial charge in [-0.05, 0) is 62.9 Å². The number of esters is 2. The molecule has 2 unspecified atom stereocenters. The first kappa shape index (κ1) is 39.5. The zero-order valence-corrected chi connectivity index (χ0v) is 29.7. The molecule has 1 heterocycles. The summed E-state index contributed by atoms with van der Waals surface area (Å²) in [5, 5.41) is 18.3. The zero-order valence-electron chi connectivity index (χ0n) is 28.9. The molecule has 13 nitrogen and oxygen atoms in total. The minimum Gasteiger partial charge on any atom is -0.469 e. The third-order valence-electron chi connectivity index (χ3n) is 8.15. The van der Waals surface area contributed by atoms with Crippen LogP contribution in [0.1, 0.15) is 48.6 Å². The van der Waals surface area contributed by atoms with Gasteiger partial charge in [0.25, 0.3) is 0 Å². The third kappa shape index (κ3) is 12.5. The summed E-state index contributed by atoms with van der Waals surface area (Å²) in [6, 6.07) is 8.06. The largest absolute Gasteiger partial charge is 0.469 e. The van der Waals surface area contributed by atoms with Gasteiger partial charge in [0.15, 0.2) is 0 Å². The van der Waals surface area contributed by atoms with Crippen LogP contribution < -0.4 is 4.90 Å². The molecular weight excluding hydrogens is 650 g/mol. The minimum absolute atomic E-state index is 0.135. The number of nitriles is 1. The normalized spacial score (nSPS) is 15.9. The summed E-state index contributed by atoms with van der Waals surface area (Å²) < 4.78 is 32.5. The van der Waals surface area contributed by atoms with Crippen LogP contribution in [0.25, 0.3) is 4.85 Å². The highest BCUT2D eigenvalue weighted by molar-refractivity contribution is 7.17. The Morgan fingerprint density at radius 3 is 2.08 bits per heavy atom. The van der Waals surface area contributed by atoms with Gasteiger partial charge in [0.1, 0.15) is 17.7 Å². The summed E-state index contributed by atoms with van der Waals surface area (Å²) in [6.07, 6.45) is 3.11. The molecule has 1 aliphatic rings. The molecule has 0 amide bonds. The Bertz CT molecular complexity index is 1470. The van der Waals surface area contributed by atoms with E-state index in [-0.39, 0.29) is 25.2 Å². The number of ether oxygens (including phenoxy) is 6. The van der Waals surface area contributed by atoms with E-state index in [1.807, 2.05) is 19.1 Å². The number of rotatable bonds is 21. The van der Waals surface area contributed by atoms with Crippen molar-refractivity contribution in [2.45, 2.75) is 46.5 Å². The molecule has 1 aliphatic carbocycles. The monoisotopic (exact) mass is 697 g/mol. The van der Waals surface area contributed by atoms with Crippen molar-refractivity contribution in [3.8, 4) is 6.07 Å². The molecule has 1 aromatic heterocycles. The second-order valence-corrected chi connectivity index (χ2v) is 12.3. The minimum atomic E-state index is -0.440. The lowest BCUT2D eigenvalue weighted by atomic mass is 9.79. The van der Waals surface area contributed by atoms with Gasteiger partial charge in [-0.25, -0.2) is 4.85 Å². The molecule has 0 aliphatic heterocycles. The summed E-state index contributed by atoms with van der Waals surface area (Å²) in [5.74, 6) is -1.57. The number of hydrogen-bond donors (Lipinski definition) is 0. The molecule has 1 aromatic carbocycles. The first-order valence-electron chi connectivity index (χ1n) is 16.6. The van der Waals surface area contributed by atoms with E-state index in [2.05, 4.69) is 39.0 Å². The average Bonchev–Trinajstić information content (AvgIpc) is 3.44. The van der Waals surface area contributed by atoms with Crippen LogP contribution in [0.4, 0.5) is 22.1 Å². The number of anilines is 1. The highest BCUT2D eigenvalue weighted by Crippen LogP contribution is 2.42. The van der Waals surface area contributed by atoms with Crippen LogP contribution in [0.15, 0.2) is 28.4 Å². The molecule has 0 N–H and O–H groups in total. The lowest BCUT2D eigenvalue weighted by Crippen LogP contribution is -2.35. The molecule has 1 saturated carbocycles. The number of nitrogens with zero attached hydrogens (tertiary/aromatic N) is 5. The Balaban J connectivity index is 1.21. The lowest BCUT2D eigenvalue weighted by molar-refractivity contribution is -0.162. The van der Waals surface area contributed by atoms with E-state index in [1.54, 1.807) is 6.92 Å². The Morgan fingerprint density at radius 2 is 1.53 bits per heavy atom. The van der Waals surface area contributed by atoms with Crippen LogP contribution in [0.3, 0.4) is 0 Å². The van der Waals surface area contributed by atoms with E-state index >= 15 is 0 Å². The Morgan fingerprint density at radius 1 is 0.939 bits per heavy atom. The van der Waals surface area contributed by atoms with Gasteiger partial charge < -0.3 is 33.3 Å². The summed E-state index contributed by atoms with van der Waals surface area (Å²) in [4.78, 5) is 30.6. The zero-order chi connectivity index (χ0) is 35.4. The number of thiophene rings is 1. The van der Waals surface area contributed by atoms with E-state index in [0.717, 1.165) is 30.6 Å². The van der Waals surface area contributed by atoms with Crippen LogP contribution in [-0.2, 0) is 38.0 Å². The lowest BCUT2D eigenvalue weighted by Gasteiger charge is -2.27. The highest BCUT2D eigenvalue weighted by atomic mass is 32.1. The quantitative estimate of drug-likeness (QED) is 0.0604. The Labute approximate surface area is 292 Å². The number of aryl methyl sites for hydroxylation is 1. The van der Waals surface area contributed by atoms with Gasteiger partial charge in [0, 0.05) is 18.8 Å². The number of carbonyl (C=O) groups is 2. The first-order chi connectivity index (χ1) is 23.8. The van der Waals surface area contributed by atoms with Gasteiger partial charge in [0.05, 0.1) is 88.9 Å². The first-order valence-corrected chi connectivity index (χ1v) is 17.4. The summed E-state index contributed by atoms with van der Waals surface area (Å²) in [5.41, 5.74) is 3.72. The van der Waals surface area contributed by atoms with E-state index < -0.39 is 11.8 Å². The van der Waals surface area contributed by atoms with Gasteiger partial charge in [-0.2, -0.15) is 15.5 Å². The summed E-state index contributed by atoms with van der Waals surface area (Å²) in [7, 11) is 1.34. The van der Waals surface area contributed by atoms with Crippen molar-refractivity contribution < 1.29 is 38.0 Å². The van der Waals surface area contributed by atoms with Crippen LogP contribution in [0, 0.1) is 43.6 Å². The fraction of sp³-hybridized carbons (Fsp3) is 0.600. The van der Waals surface area contributed by atoms with Crippen molar-refractivity contribution in [1.29, 1.82) is 5.26 Å². The molecule has 0 radical (unpaired) electrons. The maximum absolute atomic E-state index is 12.4. The molecule has 1 fully saturated rings. The van der Waals surface area contributed by atoms with Crippen molar-refractivity contribution in [3.63, 3.8) is 0 Å². The standard InChI is InChI=1S/C35H47N5O8S/c1-6-40(27-11-12-30(25(2)23-27)38-39-33-32(37-4)26(3)31(24-36)49-33)13-14-44-15-16-45-17-18-46-19-20-47-21-22-48-35(42)29-10-8-7-9-28(29)34(41)43-5/h11-12,23,28-29H,6-10,13-22H2,1-3,5H3. The van der Waals surface area contributed by atoms with Crippen molar-refractivity contribution >= 4 is 45.3 Å². The predicted octanol–water partition coefficient (Wildman–Crippen LogP) is 6.62. The van der Waals surface area contributed by atoms with Crippen molar-refractivity contribution in [3.05, 3.63) is 45.6 Å². The van der Waals surface area contributed by atoms with E-state index in [0.29, 0.717) is 92.5 Å².